The van der Waals surface area contributed by atoms with Crippen molar-refractivity contribution in [2.24, 2.45) is 5.92 Å². The Morgan fingerprint density at radius 3 is 2.62 bits per heavy atom. The molecule has 2 N–H and O–H groups in total. The second-order valence-electron chi connectivity index (χ2n) is 5.19. The minimum atomic E-state index is -1.25. The van der Waals surface area contributed by atoms with Gasteiger partial charge < -0.3 is 15.2 Å². The molecule has 5 nitrogen and oxygen atoms in total. The lowest BCUT2D eigenvalue weighted by atomic mass is 9.96. The molecule has 1 aromatic rings. The molecule has 1 atom stereocenters. The van der Waals surface area contributed by atoms with Crippen LogP contribution in [-0.4, -0.2) is 29.1 Å². The minimum Gasteiger partial charge on any atom is -0.482 e. The van der Waals surface area contributed by atoms with E-state index in [0.717, 1.165) is 12.8 Å². The molecule has 0 radical (unpaired) electrons. The van der Waals surface area contributed by atoms with Crippen LogP contribution in [0.5, 0.6) is 5.75 Å². The van der Waals surface area contributed by atoms with E-state index in [9.17, 15) is 14.7 Å². The second kappa shape index (κ2) is 6.12. The summed E-state index contributed by atoms with van der Waals surface area (Å²) in [6, 6.07) is 4.64. The fourth-order valence-corrected chi connectivity index (χ4v) is 2.52. The smallest absolute Gasteiger partial charge is 0.329 e. The molecule has 114 valence electrons. The Kier molecular flexibility index (Phi) is 4.64. The van der Waals surface area contributed by atoms with Crippen LogP contribution in [0.25, 0.3) is 0 Å². The maximum Gasteiger partial charge on any atom is 0.329 e. The summed E-state index contributed by atoms with van der Waals surface area (Å²) in [5.74, 6) is -1.25. The number of aliphatic carboxylic acids is 1. The van der Waals surface area contributed by atoms with Gasteiger partial charge in [-0.25, -0.2) is 4.79 Å². The number of hydrogen-bond donors (Lipinski definition) is 2. The number of carboxylic acid groups (broad SMARTS) is 1. The van der Waals surface area contributed by atoms with E-state index in [-0.39, 0.29) is 12.5 Å². The van der Waals surface area contributed by atoms with E-state index in [4.69, 9.17) is 27.9 Å². The normalized spacial score (nSPS) is 16.9. The quantitative estimate of drug-likeness (QED) is 0.840. The number of halogens is 2. The lowest BCUT2D eigenvalue weighted by molar-refractivity contribution is -0.148. The second-order valence-corrected chi connectivity index (χ2v) is 6.04. The maximum absolute atomic E-state index is 11.9. The monoisotopic (exact) mass is 331 g/mol. The summed E-state index contributed by atoms with van der Waals surface area (Å²) in [5.41, 5.74) is -1.25. The van der Waals surface area contributed by atoms with Crippen molar-refractivity contribution in [3.63, 3.8) is 0 Å². The molecular weight excluding hydrogens is 317 g/mol. The molecule has 21 heavy (non-hydrogen) atoms. The van der Waals surface area contributed by atoms with Crippen LogP contribution in [0, 0.1) is 5.92 Å². The molecule has 1 saturated carbocycles. The molecule has 0 heterocycles. The molecule has 1 fully saturated rings. The van der Waals surface area contributed by atoms with Gasteiger partial charge in [-0.05, 0) is 43.9 Å². The molecule has 0 aliphatic heterocycles. The van der Waals surface area contributed by atoms with E-state index in [1.54, 1.807) is 12.1 Å². The van der Waals surface area contributed by atoms with Crippen molar-refractivity contribution >= 4 is 35.1 Å². The summed E-state index contributed by atoms with van der Waals surface area (Å²) in [6.07, 6.45) is 1.60. The fourth-order valence-electron chi connectivity index (χ4n) is 2.05. The standard InChI is InChI=1S/C14H15Cl2NO4/c1-14(13(19)20,8-2-3-8)17-12(18)7-21-11-5-4-9(15)6-10(11)16/h4-6,8H,2-3,7H2,1H3,(H,17,18)(H,19,20). The number of benzene rings is 1. The van der Waals surface area contributed by atoms with Crippen molar-refractivity contribution in [2.75, 3.05) is 6.61 Å². The summed E-state index contributed by atoms with van der Waals surface area (Å²) < 4.78 is 5.28. The van der Waals surface area contributed by atoms with Crippen molar-refractivity contribution in [1.82, 2.24) is 5.32 Å². The molecule has 1 aromatic carbocycles. The number of rotatable bonds is 6. The summed E-state index contributed by atoms with van der Waals surface area (Å²) >= 11 is 11.7. The van der Waals surface area contributed by atoms with Crippen LogP contribution in [-0.2, 0) is 9.59 Å². The van der Waals surface area contributed by atoms with Crippen molar-refractivity contribution < 1.29 is 19.4 Å². The van der Waals surface area contributed by atoms with Crippen LogP contribution >= 0.6 is 23.2 Å². The summed E-state index contributed by atoms with van der Waals surface area (Å²) in [6.45, 7) is 1.21. The molecular formula is C14H15Cl2NO4. The third-order valence-electron chi connectivity index (χ3n) is 3.49. The Morgan fingerprint density at radius 1 is 1.43 bits per heavy atom. The Labute approximate surface area is 132 Å². The van der Waals surface area contributed by atoms with Crippen LogP contribution < -0.4 is 10.1 Å². The molecule has 1 unspecified atom stereocenters. The van der Waals surface area contributed by atoms with Gasteiger partial charge in [0, 0.05) is 5.02 Å². The van der Waals surface area contributed by atoms with Crippen molar-refractivity contribution in [1.29, 1.82) is 0 Å². The number of carbonyl (C=O) groups excluding carboxylic acids is 1. The molecule has 0 bridgehead atoms. The third-order valence-corrected chi connectivity index (χ3v) is 4.02. The minimum absolute atomic E-state index is 0.0296. The number of nitrogens with one attached hydrogen (secondary N) is 1. The van der Waals surface area contributed by atoms with Crippen LogP contribution in [0.15, 0.2) is 18.2 Å². The molecule has 1 amide bonds. The predicted octanol–water partition coefficient (Wildman–Crippen LogP) is 2.74. The van der Waals surface area contributed by atoms with Gasteiger partial charge in [-0.3, -0.25) is 4.79 Å². The summed E-state index contributed by atoms with van der Waals surface area (Å²) in [4.78, 5) is 23.2. The summed E-state index contributed by atoms with van der Waals surface area (Å²) in [7, 11) is 0. The topological polar surface area (TPSA) is 75.6 Å². The van der Waals surface area contributed by atoms with Gasteiger partial charge in [0.2, 0.25) is 0 Å². The van der Waals surface area contributed by atoms with E-state index in [0.29, 0.717) is 15.8 Å². The predicted molar refractivity (Wildman–Crippen MR) is 78.9 cm³/mol. The Morgan fingerprint density at radius 2 is 2.10 bits per heavy atom. The van der Waals surface area contributed by atoms with Gasteiger partial charge >= 0.3 is 5.97 Å². The van der Waals surface area contributed by atoms with Gasteiger partial charge in [-0.2, -0.15) is 0 Å². The van der Waals surface area contributed by atoms with Crippen molar-refractivity contribution in [2.45, 2.75) is 25.3 Å². The summed E-state index contributed by atoms with van der Waals surface area (Å²) in [5, 5.41) is 12.5. The molecule has 2 rings (SSSR count). The average molecular weight is 332 g/mol. The first-order valence-electron chi connectivity index (χ1n) is 6.45. The number of carbonyl (C=O) groups is 2. The molecule has 1 aliphatic carbocycles. The molecule has 7 heteroatoms. The highest BCUT2D eigenvalue weighted by atomic mass is 35.5. The number of ether oxygens (including phenoxy) is 1. The first kappa shape index (κ1) is 15.9. The molecule has 0 aromatic heterocycles. The first-order valence-corrected chi connectivity index (χ1v) is 7.21. The van der Waals surface area contributed by atoms with Crippen molar-refractivity contribution in [3.8, 4) is 5.75 Å². The number of hydrogen-bond acceptors (Lipinski definition) is 3. The zero-order valence-electron chi connectivity index (χ0n) is 11.4. The Bertz CT molecular complexity index is 574. The van der Waals surface area contributed by atoms with Crippen LogP contribution in [0.3, 0.4) is 0 Å². The fraction of sp³-hybridized carbons (Fsp3) is 0.429. The highest BCUT2D eigenvalue weighted by Crippen LogP contribution is 2.39. The maximum atomic E-state index is 11.9. The SMILES string of the molecule is CC(NC(=O)COc1ccc(Cl)cc1Cl)(C(=O)O)C1CC1. The van der Waals surface area contributed by atoms with Gasteiger partial charge in [0.1, 0.15) is 11.3 Å². The number of carboxylic acids is 1. The number of amides is 1. The third kappa shape index (κ3) is 3.80. The highest BCUT2D eigenvalue weighted by Gasteiger charge is 2.48. The zero-order valence-corrected chi connectivity index (χ0v) is 12.9. The average Bonchev–Trinajstić information content (AvgIpc) is 3.21. The molecule has 0 spiro atoms. The van der Waals surface area contributed by atoms with E-state index in [2.05, 4.69) is 5.32 Å². The van der Waals surface area contributed by atoms with E-state index < -0.39 is 17.4 Å². The van der Waals surface area contributed by atoms with Gasteiger partial charge in [0.25, 0.3) is 5.91 Å². The molecule has 0 saturated heterocycles. The van der Waals surface area contributed by atoms with Crippen molar-refractivity contribution in [3.05, 3.63) is 28.2 Å². The zero-order chi connectivity index (χ0) is 15.6. The molecule has 1 aliphatic rings. The van der Waals surface area contributed by atoms with E-state index in [1.807, 2.05) is 0 Å². The van der Waals surface area contributed by atoms with Gasteiger partial charge in [-0.1, -0.05) is 23.2 Å². The van der Waals surface area contributed by atoms with Crippen LogP contribution in [0.2, 0.25) is 10.0 Å². The van der Waals surface area contributed by atoms with Gasteiger partial charge in [0.15, 0.2) is 6.61 Å². The first-order chi connectivity index (χ1) is 9.83. The van der Waals surface area contributed by atoms with Gasteiger partial charge in [0.05, 0.1) is 5.02 Å². The van der Waals surface area contributed by atoms with Crippen LogP contribution in [0.4, 0.5) is 0 Å². The van der Waals surface area contributed by atoms with E-state index >= 15 is 0 Å². The van der Waals surface area contributed by atoms with E-state index in [1.165, 1.54) is 13.0 Å². The highest BCUT2D eigenvalue weighted by molar-refractivity contribution is 6.35. The van der Waals surface area contributed by atoms with Gasteiger partial charge in [-0.15, -0.1) is 0 Å². The lowest BCUT2D eigenvalue weighted by Crippen LogP contribution is -2.55. The Balaban J connectivity index is 1.94. The van der Waals surface area contributed by atoms with Crippen LogP contribution in [0.1, 0.15) is 19.8 Å². The Hall–Kier alpha value is -1.46. The largest absolute Gasteiger partial charge is 0.482 e. The lowest BCUT2D eigenvalue weighted by Gasteiger charge is -2.26.